The maximum Gasteiger partial charge on any atom is 0.336 e. The Hall–Kier alpha value is -2.34. The molecular weight excluding hydrogens is 284 g/mol. The van der Waals surface area contributed by atoms with Gasteiger partial charge in [0.25, 0.3) is 5.91 Å². The average Bonchev–Trinajstić information content (AvgIpc) is 2.53. The molecule has 0 spiro atoms. The van der Waals surface area contributed by atoms with Crippen LogP contribution < -0.4 is 16.1 Å². The highest BCUT2D eigenvalue weighted by Gasteiger charge is 2.20. The maximum atomic E-state index is 12.1. The molecule has 2 heterocycles. The number of nitrogens with zero attached hydrogens (tertiary/aromatic N) is 1. The van der Waals surface area contributed by atoms with Crippen LogP contribution in [0.25, 0.3) is 11.0 Å². The Bertz CT molecular complexity index is 732. The van der Waals surface area contributed by atoms with Crippen molar-refractivity contribution in [1.82, 2.24) is 4.90 Å². The molecule has 2 aromatic rings. The van der Waals surface area contributed by atoms with E-state index in [1.165, 1.54) is 6.07 Å². The van der Waals surface area contributed by atoms with E-state index in [9.17, 15) is 9.59 Å². The van der Waals surface area contributed by atoms with Gasteiger partial charge in [0.1, 0.15) is 11.3 Å². The van der Waals surface area contributed by atoms with Crippen LogP contribution in [0.1, 0.15) is 12.8 Å². The van der Waals surface area contributed by atoms with Gasteiger partial charge in [-0.25, -0.2) is 4.79 Å². The third kappa shape index (κ3) is 3.28. The number of fused-ring (bicyclic) bond motifs is 1. The third-order valence-electron chi connectivity index (χ3n) is 3.85. The standard InChI is InChI=1S/C16H18N2O4/c17-12-5-7-18(8-6-12)15(19)10-21-13-3-1-11-2-4-16(20)22-14(11)9-13/h1-4,9,12H,5-8,10,17H2. The largest absolute Gasteiger partial charge is 0.484 e. The van der Waals surface area contributed by atoms with Gasteiger partial charge in [0.2, 0.25) is 0 Å². The Morgan fingerprint density at radius 1 is 1.27 bits per heavy atom. The fraction of sp³-hybridized carbons (Fsp3) is 0.375. The van der Waals surface area contributed by atoms with Crippen molar-refractivity contribution in [2.75, 3.05) is 19.7 Å². The summed E-state index contributed by atoms with van der Waals surface area (Å²) in [5, 5.41) is 0.809. The first-order valence-corrected chi connectivity index (χ1v) is 7.32. The second-order valence-corrected chi connectivity index (χ2v) is 5.46. The first-order chi connectivity index (χ1) is 10.6. The van der Waals surface area contributed by atoms with Crippen LogP contribution in [0.5, 0.6) is 5.75 Å². The Morgan fingerprint density at radius 3 is 2.77 bits per heavy atom. The van der Waals surface area contributed by atoms with E-state index in [0.29, 0.717) is 24.4 Å². The SMILES string of the molecule is NC1CCN(C(=O)COc2ccc3ccc(=O)oc3c2)CC1. The molecule has 22 heavy (non-hydrogen) atoms. The third-order valence-corrected chi connectivity index (χ3v) is 3.85. The lowest BCUT2D eigenvalue weighted by atomic mass is 10.1. The molecule has 0 aliphatic carbocycles. The summed E-state index contributed by atoms with van der Waals surface area (Å²) in [5.74, 6) is 0.449. The minimum atomic E-state index is -0.412. The Morgan fingerprint density at radius 2 is 2.00 bits per heavy atom. The number of nitrogens with two attached hydrogens (primary N) is 1. The van der Waals surface area contributed by atoms with E-state index in [1.54, 1.807) is 29.2 Å². The Labute approximate surface area is 127 Å². The highest BCUT2D eigenvalue weighted by molar-refractivity contribution is 5.79. The first kappa shape index (κ1) is 14.6. The van der Waals surface area contributed by atoms with Crippen LogP contribution >= 0.6 is 0 Å². The smallest absolute Gasteiger partial charge is 0.336 e. The molecule has 1 aliphatic heterocycles. The van der Waals surface area contributed by atoms with Crippen LogP contribution in [0.2, 0.25) is 0 Å². The lowest BCUT2D eigenvalue weighted by Gasteiger charge is -2.30. The van der Waals surface area contributed by atoms with Gasteiger partial charge >= 0.3 is 5.63 Å². The Balaban J connectivity index is 1.63. The van der Waals surface area contributed by atoms with Crippen LogP contribution in [-0.2, 0) is 4.79 Å². The lowest BCUT2D eigenvalue weighted by molar-refractivity contribution is -0.134. The normalized spacial score (nSPS) is 16.0. The van der Waals surface area contributed by atoms with Crippen molar-refractivity contribution in [3.8, 4) is 5.75 Å². The predicted molar refractivity (Wildman–Crippen MR) is 81.8 cm³/mol. The fourth-order valence-corrected chi connectivity index (χ4v) is 2.52. The number of piperidine rings is 1. The summed E-state index contributed by atoms with van der Waals surface area (Å²) >= 11 is 0. The predicted octanol–water partition coefficient (Wildman–Crippen LogP) is 1.12. The summed E-state index contributed by atoms with van der Waals surface area (Å²) in [4.78, 5) is 25.1. The van der Waals surface area contributed by atoms with Crippen molar-refractivity contribution in [3.05, 3.63) is 40.8 Å². The van der Waals surface area contributed by atoms with E-state index in [1.807, 2.05) is 0 Å². The number of carbonyl (C=O) groups excluding carboxylic acids is 1. The van der Waals surface area contributed by atoms with Crippen molar-refractivity contribution in [2.45, 2.75) is 18.9 Å². The quantitative estimate of drug-likeness (QED) is 0.859. The number of ether oxygens (including phenoxy) is 1. The van der Waals surface area contributed by atoms with Crippen molar-refractivity contribution < 1.29 is 13.9 Å². The van der Waals surface area contributed by atoms with Gasteiger partial charge in [-0.3, -0.25) is 4.79 Å². The van der Waals surface area contributed by atoms with Crippen molar-refractivity contribution in [2.24, 2.45) is 5.73 Å². The minimum Gasteiger partial charge on any atom is -0.484 e. The van der Waals surface area contributed by atoms with Crippen molar-refractivity contribution >= 4 is 16.9 Å². The Kier molecular flexibility index (Phi) is 4.11. The molecule has 1 saturated heterocycles. The van der Waals surface area contributed by atoms with E-state index < -0.39 is 5.63 Å². The molecule has 0 atom stereocenters. The molecule has 1 aliphatic rings. The first-order valence-electron chi connectivity index (χ1n) is 7.32. The van der Waals surface area contributed by atoms with Gasteiger partial charge in [0.15, 0.2) is 6.61 Å². The summed E-state index contributed by atoms with van der Waals surface area (Å²) in [7, 11) is 0. The average molecular weight is 302 g/mol. The molecule has 1 aromatic carbocycles. The highest BCUT2D eigenvalue weighted by atomic mass is 16.5. The van der Waals surface area contributed by atoms with Crippen molar-refractivity contribution in [1.29, 1.82) is 0 Å². The van der Waals surface area contributed by atoms with Crippen LogP contribution in [-0.4, -0.2) is 36.5 Å². The van der Waals surface area contributed by atoms with E-state index in [0.717, 1.165) is 18.2 Å². The number of amides is 1. The zero-order valence-corrected chi connectivity index (χ0v) is 12.2. The maximum absolute atomic E-state index is 12.1. The van der Waals surface area contributed by atoms with Crippen LogP contribution in [0.15, 0.2) is 39.5 Å². The molecule has 6 nitrogen and oxygen atoms in total. The second-order valence-electron chi connectivity index (χ2n) is 5.46. The molecule has 1 amide bonds. The number of hydrogen-bond acceptors (Lipinski definition) is 5. The number of carbonyl (C=O) groups is 1. The van der Waals surface area contributed by atoms with Crippen molar-refractivity contribution in [3.63, 3.8) is 0 Å². The minimum absolute atomic E-state index is 0.0299. The van der Waals surface area contributed by atoms with Crippen LogP contribution in [0, 0.1) is 0 Å². The molecule has 1 aromatic heterocycles. The molecule has 6 heteroatoms. The van der Waals surface area contributed by atoms with Gasteiger partial charge < -0.3 is 19.8 Å². The zero-order chi connectivity index (χ0) is 15.5. The molecule has 3 rings (SSSR count). The fourth-order valence-electron chi connectivity index (χ4n) is 2.52. The molecule has 116 valence electrons. The van der Waals surface area contributed by atoms with E-state index >= 15 is 0 Å². The molecule has 1 fully saturated rings. The number of benzene rings is 1. The number of likely N-dealkylation sites (tertiary alicyclic amines) is 1. The molecule has 0 bridgehead atoms. The summed E-state index contributed by atoms with van der Waals surface area (Å²) < 4.78 is 10.6. The molecule has 0 unspecified atom stereocenters. The number of rotatable bonds is 3. The van der Waals surface area contributed by atoms with Gasteiger partial charge in [-0.1, -0.05) is 0 Å². The summed E-state index contributed by atoms with van der Waals surface area (Å²) in [6, 6.07) is 8.41. The summed E-state index contributed by atoms with van der Waals surface area (Å²) in [6.07, 6.45) is 1.65. The zero-order valence-electron chi connectivity index (χ0n) is 12.2. The van der Waals surface area contributed by atoms with Gasteiger partial charge in [0, 0.05) is 36.7 Å². The van der Waals surface area contributed by atoms with Gasteiger partial charge in [0.05, 0.1) is 0 Å². The van der Waals surface area contributed by atoms with Gasteiger partial charge in [-0.2, -0.15) is 0 Å². The monoisotopic (exact) mass is 302 g/mol. The molecular formula is C16H18N2O4. The lowest BCUT2D eigenvalue weighted by Crippen LogP contribution is -2.44. The van der Waals surface area contributed by atoms with Crippen LogP contribution in [0.3, 0.4) is 0 Å². The summed E-state index contributed by atoms with van der Waals surface area (Å²) in [5.41, 5.74) is 5.86. The van der Waals surface area contributed by atoms with E-state index in [4.69, 9.17) is 14.9 Å². The van der Waals surface area contributed by atoms with E-state index in [2.05, 4.69) is 0 Å². The second kappa shape index (κ2) is 6.19. The van der Waals surface area contributed by atoms with Crippen LogP contribution in [0.4, 0.5) is 0 Å². The van der Waals surface area contributed by atoms with Gasteiger partial charge in [-0.05, 0) is 31.0 Å². The molecule has 0 saturated carbocycles. The number of hydrogen-bond donors (Lipinski definition) is 1. The molecule has 2 N–H and O–H groups in total. The topological polar surface area (TPSA) is 85.8 Å². The summed E-state index contributed by atoms with van der Waals surface area (Å²) in [6.45, 7) is 1.32. The molecule has 0 radical (unpaired) electrons. The van der Waals surface area contributed by atoms with E-state index in [-0.39, 0.29) is 18.6 Å². The highest BCUT2D eigenvalue weighted by Crippen LogP contribution is 2.19. The van der Waals surface area contributed by atoms with Gasteiger partial charge in [-0.15, -0.1) is 0 Å².